The van der Waals surface area contributed by atoms with Gasteiger partial charge in [0.1, 0.15) is 5.75 Å². The van der Waals surface area contributed by atoms with Crippen molar-refractivity contribution in [3.8, 4) is 5.75 Å². The molecule has 0 saturated heterocycles. The first-order valence-corrected chi connectivity index (χ1v) is 5.37. The Balaban J connectivity index is 2.96. The predicted molar refractivity (Wildman–Crippen MR) is 49.1 cm³/mol. The Hall–Kier alpha value is -0.250. The third-order valence-electron chi connectivity index (χ3n) is 1.06. The van der Waals surface area contributed by atoms with Crippen LogP contribution in [0.3, 0.4) is 0 Å². The van der Waals surface area contributed by atoms with Crippen molar-refractivity contribution in [1.29, 1.82) is 0 Å². The fraction of sp³-hybridized carbons (Fsp3) is 0. The topological polar surface area (TPSA) is 66.8 Å². The normalized spacial score (nSPS) is 11.4. The van der Waals surface area contributed by atoms with Gasteiger partial charge in [0.2, 0.25) is 0 Å². The van der Waals surface area contributed by atoms with E-state index in [9.17, 15) is 4.57 Å². The average molecular weight is 243 g/mol. The molecular formula is C6H5Cl2O4P. The van der Waals surface area contributed by atoms with E-state index in [4.69, 9.17) is 33.0 Å². The van der Waals surface area contributed by atoms with E-state index in [1.54, 1.807) is 0 Å². The first-order chi connectivity index (χ1) is 5.87. The highest BCUT2D eigenvalue weighted by Crippen LogP contribution is 2.39. The zero-order valence-electron chi connectivity index (χ0n) is 6.15. The summed E-state index contributed by atoms with van der Waals surface area (Å²) in [6.07, 6.45) is 0. The monoisotopic (exact) mass is 242 g/mol. The van der Waals surface area contributed by atoms with Crippen molar-refractivity contribution in [2.24, 2.45) is 0 Å². The standard InChI is InChI=1S/C6H5Cl2O4P/c7-4-1-5(8)3-6(2-4)12-13(9,10)11/h1-3H,(H2,9,10,11). The second-order valence-electron chi connectivity index (χ2n) is 2.19. The summed E-state index contributed by atoms with van der Waals surface area (Å²) in [4.78, 5) is 16.9. The molecule has 72 valence electrons. The van der Waals surface area contributed by atoms with E-state index in [-0.39, 0.29) is 15.8 Å². The summed E-state index contributed by atoms with van der Waals surface area (Å²) in [6, 6.07) is 3.94. The Bertz CT molecular complexity index is 341. The fourth-order valence-electron chi connectivity index (χ4n) is 0.719. The van der Waals surface area contributed by atoms with E-state index in [1.807, 2.05) is 0 Å². The average Bonchev–Trinajstić information content (AvgIpc) is 1.78. The maximum absolute atomic E-state index is 10.4. The van der Waals surface area contributed by atoms with E-state index in [2.05, 4.69) is 4.52 Å². The van der Waals surface area contributed by atoms with Gasteiger partial charge in [-0.3, -0.25) is 9.79 Å². The summed E-state index contributed by atoms with van der Waals surface area (Å²) in [6.45, 7) is 0. The van der Waals surface area contributed by atoms with Gasteiger partial charge in [-0.2, -0.15) is 0 Å². The minimum absolute atomic E-state index is 0.0640. The zero-order chi connectivity index (χ0) is 10.1. The van der Waals surface area contributed by atoms with Gasteiger partial charge in [0.05, 0.1) is 0 Å². The smallest absolute Gasteiger partial charge is 0.404 e. The second kappa shape index (κ2) is 3.86. The molecule has 13 heavy (non-hydrogen) atoms. The Morgan fingerprint density at radius 3 is 2.00 bits per heavy atom. The number of hydrogen-bond acceptors (Lipinski definition) is 2. The summed E-state index contributed by atoms with van der Waals surface area (Å²) in [5.41, 5.74) is 0. The lowest BCUT2D eigenvalue weighted by Gasteiger charge is -2.06. The molecule has 1 rings (SSSR count). The van der Waals surface area contributed by atoms with Gasteiger partial charge in [-0.15, -0.1) is 0 Å². The maximum Gasteiger partial charge on any atom is 0.524 e. The van der Waals surface area contributed by atoms with Crippen LogP contribution in [0.5, 0.6) is 5.75 Å². The summed E-state index contributed by atoms with van der Waals surface area (Å²) < 4.78 is 14.7. The summed E-state index contributed by atoms with van der Waals surface area (Å²) >= 11 is 11.1. The molecule has 0 unspecified atom stereocenters. The van der Waals surface area contributed by atoms with Crippen LogP contribution in [0.4, 0.5) is 0 Å². The van der Waals surface area contributed by atoms with Crippen LogP contribution in [0.25, 0.3) is 0 Å². The highest BCUT2D eigenvalue weighted by atomic mass is 35.5. The summed E-state index contributed by atoms with van der Waals surface area (Å²) in [7, 11) is -4.54. The molecule has 0 fully saturated rings. The minimum atomic E-state index is -4.54. The second-order valence-corrected chi connectivity index (χ2v) is 4.22. The lowest BCUT2D eigenvalue weighted by molar-refractivity contribution is 0.283. The largest absolute Gasteiger partial charge is 0.524 e. The van der Waals surface area contributed by atoms with Crippen LogP contribution in [-0.2, 0) is 4.57 Å². The summed E-state index contributed by atoms with van der Waals surface area (Å²) in [5, 5.41) is 0.493. The number of halogens is 2. The van der Waals surface area contributed by atoms with E-state index in [0.29, 0.717) is 0 Å². The Labute approximate surface area is 84.3 Å². The first-order valence-electron chi connectivity index (χ1n) is 3.08. The Morgan fingerprint density at radius 2 is 1.62 bits per heavy atom. The van der Waals surface area contributed by atoms with Crippen LogP contribution >= 0.6 is 31.0 Å². The molecule has 0 amide bonds. The van der Waals surface area contributed by atoms with Crippen molar-refractivity contribution in [1.82, 2.24) is 0 Å². The highest BCUT2D eigenvalue weighted by molar-refractivity contribution is 7.46. The molecule has 4 nitrogen and oxygen atoms in total. The van der Waals surface area contributed by atoms with Gasteiger partial charge >= 0.3 is 7.82 Å². The van der Waals surface area contributed by atoms with Crippen LogP contribution in [0.15, 0.2) is 18.2 Å². The van der Waals surface area contributed by atoms with E-state index in [0.717, 1.165) is 0 Å². The van der Waals surface area contributed by atoms with E-state index >= 15 is 0 Å². The lowest BCUT2D eigenvalue weighted by Crippen LogP contribution is -1.89. The van der Waals surface area contributed by atoms with Crippen LogP contribution in [0.1, 0.15) is 0 Å². The van der Waals surface area contributed by atoms with Crippen LogP contribution < -0.4 is 4.52 Å². The minimum Gasteiger partial charge on any atom is -0.404 e. The maximum atomic E-state index is 10.4. The predicted octanol–water partition coefficient (Wildman–Crippen LogP) is 2.46. The third-order valence-corrected chi connectivity index (χ3v) is 1.95. The summed E-state index contributed by atoms with van der Waals surface area (Å²) in [5.74, 6) is -0.0640. The number of rotatable bonds is 2. The number of hydrogen-bond donors (Lipinski definition) is 2. The molecule has 0 saturated carbocycles. The molecule has 2 N–H and O–H groups in total. The van der Waals surface area contributed by atoms with Crippen molar-refractivity contribution >= 4 is 31.0 Å². The molecule has 0 aromatic heterocycles. The van der Waals surface area contributed by atoms with Gasteiger partial charge in [0.25, 0.3) is 0 Å². The molecular weight excluding hydrogens is 238 g/mol. The van der Waals surface area contributed by atoms with Crippen molar-refractivity contribution in [3.05, 3.63) is 28.2 Å². The van der Waals surface area contributed by atoms with Gasteiger partial charge in [0.15, 0.2) is 0 Å². The zero-order valence-corrected chi connectivity index (χ0v) is 8.55. The Kier molecular flexibility index (Phi) is 3.22. The quantitative estimate of drug-likeness (QED) is 0.783. The first kappa shape index (κ1) is 10.8. The molecule has 0 radical (unpaired) electrons. The number of phosphoric acid groups is 1. The van der Waals surface area contributed by atoms with Crippen molar-refractivity contribution in [2.45, 2.75) is 0 Å². The molecule has 0 bridgehead atoms. The highest BCUT2D eigenvalue weighted by Gasteiger charge is 2.16. The van der Waals surface area contributed by atoms with Gasteiger partial charge < -0.3 is 4.52 Å². The molecule has 0 aliphatic carbocycles. The van der Waals surface area contributed by atoms with E-state index in [1.165, 1.54) is 18.2 Å². The van der Waals surface area contributed by atoms with Crippen LogP contribution in [-0.4, -0.2) is 9.79 Å². The molecule has 0 spiro atoms. The van der Waals surface area contributed by atoms with Crippen LogP contribution in [0.2, 0.25) is 10.0 Å². The van der Waals surface area contributed by atoms with E-state index < -0.39 is 7.82 Å². The molecule has 1 aromatic rings. The Morgan fingerprint density at radius 1 is 1.15 bits per heavy atom. The van der Waals surface area contributed by atoms with Crippen molar-refractivity contribution in [3.63, 3.8) is 0 Å². The molecule has 0 aliphatic rings. The SMILES string of the molecule is O=P(O)(O)Oc1cc(Cl)cc(Cl)c1. The molecule has 7 heteroatoms. The van der Waals surface area contributed by atoms with Gasteiger partial charge in [-0.25, -0.2) is 4.57 Å². The molecule has 0 heterocycles. The van der Waals surface area contributed by atoms with Crippen molar-refractivity contribution < 1.29 is 18.9 Å². The number of phosphoric ester groups is 1. The number of benzene rings is 1. The fourth-order valence-corrected chi connectivity index (χ4v) is 1.60. The molecule has 1 aromatic carbocycles. The van der Waals surface area contributed by atoms with Crippen molar-refractivity contribution in [2.75, 3.05) is 0 Å². The van der Waals surface area contributed by atoms with Gasteiger partial charge in [-0.1, -0.05) is 23.2 Å². The van der Waals surface area contributed by atoms with Crippen LogP contribution in [0, 0.1) is 0 Å². The van der Waals surface area contributed by atoms with Gasteiger partial charge in [0, 0.05) is 10.0 Å². The lowest BCUT2D eigenvalue weighted by atomic mass is 10.3. The third kappa shape index (κ3) is 3.98. The van der Waals surface area contributed by atoms with Gasteiger partial charge in [-0.05, 0) is 18.2 Å². The molecule has 0 aliphatic heterocycles. The molecule has 0 atom stereocenters.